The first kappa shape index (κ1) is 14.4. The SMILES string of the molecule is Cc1ccc(OC2CCN(C(=O)C3CCNC3)CC2)cc1. The Morgan fingerprint density at radius 1 is 1.19 bits per heavy atom. The minimum Gasteiger partial charge on any atom is -0.490 e. The Hall–Kier alpha value is -1.55. The van der Waals surface area contributed by atoms with Crippen LogP contribution in [0.1, 0.15) is 24.8 Å². The van der Waals surface area contributed by atoms with Crippen molar-refractivity contribution < 1.29 is 9.53 Å². The largest absolute Gasteiger partial charge is 0.490 e. The molecule has 0 aliphatic carbocycles. The lowest BCUT2D eigenvalue weighted by atomic mass is 10.0. The Labute approximate surface area is 126 Å². The van der Waals surface area contributed by atoms with Crippen LogP contribution in [-0.2, 0) is 4.79 Å². The molecule has 1 atom stereocenters. The van der Waals surface area contributed by atoms with Crippen LogP contribution in [0.15, 0.2) is 24.3 Å². The van der Waals surface area contributed by atoms with Crippen molar-refractivity contribution in [3.8, 4) is 5.75 Å². The standard InChI is InChI=1S/C17H24N2O2/c1-13-2-4-15(5-3-13)21-16-7-10-19(11-8-16)17(20)14-6-9-18-12-14/h2-5,14,16,18H,6-12H2,1H3. The van der Waals surface area contributed by atoms with E-state index in [4.69, 9.17) is 4.74 Å². The van der Waals surface area contributed by atoms with Crippen LogP contribution >= 0.6 is 0 Å². The number of carbonyl (C=O) groups excluding carboxylic acids is 1. The van der Waals surface area contributed by atoms with Crippen LogP contribution in [0.4, 0.5) is 0 Å². The molecule has 0 saturated carbocycles. The first-order valence-corrected chi connectivity index (χ1v) is 7.95. The van der Waals surface area contributed by atoms with Crippen molar-refractivity contribution in [2.45, 2.75) is 32.3 Å². The second kappa shape index (κ2) is 6.48. The molecule has 0 aromatic heterocycles. The summed E-state index contributed by atoms with van der Waals surface area (Å²) in [5.41, 5.74) is 1.24. The summed E-state index contributed by atoms with van der Waals surface area (Å²) in [5, 5.41) is 3.27. The maximum atomic E-state index is 12.3. The van der Waals surface area contributed by atoms with Crippen molar-refractivity contribution in [1.82, 2.24) is 10.2 Å². The van der Waals surface area contributed by atoms with E-state index in [1.165, 1.54) is 5.56 Å². The average molecular weight is 288 g/mol. The molecule has 2 aliphatic heterocycles. The van der Waals surface area contributed by atoms with Crippen LogP contribution in [0.25, 0.3) is 0 Å². The number of nitrogens with one attached hydrogen (secondary N) is 1. The molecule has 0 bridgehead atoms. The lowest BCUT2D eigenvalue weighted by Crippen LogP contribution is -2.44. The lowest BCUT2D eigenvalue weighted by Gasteiger charge is -2.33. The van der Waals surface area contributed by atoms with Gasteiger partial charge >= 0.3 is 0 Å². The summed E-state index contributed by atoms with van der Waals surface area (Å²) in [6, 6.07) is 8.19. The van der Waals surface area contributed by atoms with E-state index in [-0.39, 0.29) is 12.0 Å². The molecule has 114 valence electrons. The maximum absolute atomic E-state index is 12.3. The number of benzene rings is 1. The van der Waals surface area contributed by atoms with Crippen LogP contribution in [0.5, 0.6) is 5.75 Å². The molecule has 2 aliphatic rings. The highest BCUT2D eigenvalue weighted by Gasteiger charge is 2.30. The molecular formula is C17H24N2O2. The molecule has 2 heterocycles. The molecule has 2 saturated heterocycles. The fourth-order valence-electron chi connectivity index (χ4n) is 3.13. The fourth-order valence-corrected chi connectivity index (χ4v) is 3.13. The summed E-state index contributed by atoms with van der Waals surface area (Å²) >= 11 is 0. The number of hydrogen-bond acceptors (Lipinski definition) is 3. The average Bonchev–Trinajstić information content (AvgIpc) is 3.04. The van der Waals surface area contributed by atoms with Gasteiger partial charge in [-0.2, -0.15) is 0 Å². The number of likely N-dealkylation sites (tertiary alicyclic amines) is 1. The number of aryl methyl sites for hydroxylation is 1. The molecular weight excluding hydrogens is 264 g/mol. The number of hydrogen-bond donors (Lipinski definition) is 1. The van der Waals surface area contributed by atoms with Gasteiger partial charge in [-0.3, -0.25) is 4.79 Å². The first-order chi connectivity index (χ1) is 10.2. The molecule has 1 N–H and O–H groups in total. The summed E-state index contributed by atoms with van der Waals surface area (Å²) in [4.78, 5) is 14.4. The van der Waals surface area contributed by atoms with Gasteiger partial charge in [0.15, 0.2) is 0 Å². The van der Waals surface area contributed by atoms with E-state index < -0.39 is 0 Å². The van der Waals surface area contributed by atoms with Crippen LogP contribution in [-0.4, -0.2) is 43.1 Å². The second-order valence-corrected chi connectivity index (χ2v) is 6.15. The van der Waals surface area contributed by atoms with Gasteiger partial charge in [0.2, 0.25) is 5.91 Å². The molecule has 4 nitrogen and oxygen atoms in total. The van der Waals surface area contributed by atoms with Gasteiger partial charge in [-0.15, -0.1) is 0 Å². The van der Waals surface area contributed by atoms with E-state index in [9.17, 15) is 4.79 Å². The van der Waals surface area contributed by atoms with Gasteiger partial charge in [-0.25, -0.2) is 0 Å². The monoisotopic (exact) mass is 288 g/mol. The molecule has 4 heteroatoms. The van der Waals surface area contributed by atoms with Gasteiger partial charge in [-0.05, 0) is 32.0 Å². The van der Waals surface area contributed by atoms with Crippen molar-refractivity contribution in [2.24, 2.45) is 5.92 Å². The van der Waals surface area contributed by atoms with E-state index in [1.54, 1.807) is 0 Å². The molecule has 3 rings (SSSR count). The predicted molar refractivity (Wildman–Crippen MR) is 82.4 cm³/mol. The third-order valence-electron chi connectivity index (χ3n) is 4.49. The summed E-state index contributed by atoms with van der Waals surface area (Å²) in [6.07, 6.45) is 3.08. The Bertz CT molecular complexity index is 472. The van der Waals surface area contributed by atoms with Crippen molar-refractivity contribution in [3.63, 3.8) is 0 Å². The van der Waals surface area contributed by atoms with Gasteiger partial charge in [0.25, 0.3) is 0 Å². The molecule has 0 radical (unpaired) electrons. The normalized spacial score (nSPS) is 23.3. The van der Waals surface area contributed by atoms with E-state index in [0.717, 1.165) is 51.2 Å². The van der Waals surface area contributed by atoms with Crippen molar-refractivity contribution >= 4 is 5.91 Å². The number of rotatable bonds is 3. The van der Waals surface area contributed by atoms with Crippen LogP contribution in [0.3, 0.4) is 0 Å². The Kier molecular flexibility index (Phi) is 4.44. The number of carbonyl (C=O) groups is 1. The molecule has 2 fully saturated rings. The third kappa shape index (κ3) is 3.56. The molecule has 21 heavy (non-hydrogen) atoms. The Morgan fingerprint density at radius 2 is 1.90 bits per heavy atom. The zero-order valence-corrected chi connectivity index (χ0v) is 12.7. The maximum Gasteiger partial charge on any atom is 0.227 e. The van der Waals surface area contributed by atoms with Gasteiger partial charge in [-0.1, -0.05) is 17.7 Å². The molecule has 1 unspecified atom stereocenters. The van der Waals surface area contributed by atoms with Crippen LogP contribution < -0.4 is 10.1 Å². The van der Waals surface area contributed by atoms with Gasteiger partial charge < -0.3 is 15.0 Å². The van der Waals surface area contributed by atoms with Crippen LogP contribution in [0, 0.1) is 12.8 Å². The van der Waals surface area contributed by atoms with Gasteiger partial charge in [0, 0.05) is 32.5 Å². The first-order valence-electron chi connectivity index (χ1n) is 7.95. The van der Waals surface area contributed by atoms with Gasteiger partial charge in [0.1, 0.15) is 11.9 Å². The van der Waals surface area contributed by atoms with Crippen molar-refractivity contribution in [2.75, 3.05) is 26.2 Å². The van der Waals surface area contributed by atoms with E-state index in [0.29, 0.717) is 5.91 Å². The van der Waals surface area contributed by atoms with E-state index in [2.05, 4.69) is 24.4 Å². The zero-order valence-electron chi connectivity index (χ0n) is 12.7. The topological polar surface area (TPSA) is 41.6 Å². The zero-order chi connectivity index (χ0) is 14.7. The van der Waals surface area contributed by atoms with Gasteiger partial charge in [0.05, 0.1) is 5.92 Å². The highest BCUT2D eigenvalue weighted by molar-refractivity contribution is 5.79. The molecule has 0 spiro atoms. The summed E-state index contributed by atoms with van der Waals surface area (Å²) in [7, 11) is 0. The summed E-state index contributed by atoms with van der Waals surface area (Å²) in [5.74, 6) is 1.46. The van der Waals surface area contributed by atoms with Crippen molar-refractivity contribution in [3.05, 3.63) is 29.8 Å². The molecule has 1 aromatic carbocycles. The Morgan fingerprint density at radius 3 is 2.52 bits per heavy atom. The Balaban J connectivity index is 1.48. The van der Waals surface area contributed by atoms with Crippen LogP contribution in [0.2, 0.25) is 0 Å². The van der Waals surface area contributed by atoms with E-state index >= 15 is 0 Å². The van der Waals surface area contributed by atoms with Crippen molar-refractivity contribution in [1.29, 1.82) is 0 Å². The molecule has 1 amide bonds. The van der Waals surface area contributed by atoms with E-state index in [1.807, 2.05) is 17.0 Å². The second-order valence-electron chi connectivity index (χ2n) is 6.15. The number of ether oxygens (including phenoxy) is 1. The lowest BCUT2D eigenvalue weighted by molar-refractivity contribution is -0.136. The third-order valence-corrected chi connectivity index (χ3v) is 4.49. The summed E-state index contributed by atoms with van der Waals surface area (Å²) in [6.45, 7) is 5.55. The fraction of sp³-hybridized carbons (Fsp3) is 0.588. The number of nitrogens with zero attached hydrogens (tertiary/aromatic N) is 1. The quantitative estimate of drug-likeness (QED) is 0.924. The minimum atomic E-state index is 0.194. The molecule has 1 aromatic rings. The minimum absolute atomic E-state index is 0.194. The smallest absolute Gasteiger partial charge is 0.227 e. The summed E-state index contributed by atoms with van der Waals surface area (Å²) < 4.78 is 6.01. The highest BCUT2D eigenvalue weighted by atomic mass is 16.5. The predicted octanol–water partition coefficient (Wildman–Crippen LogP) is 1.97. The number of amides is 1. The highest BCUT2D eigenvalue weighted by Crippen LogP contribution is 2.21. The number of piperidine rings is 1.